The molecule has 1 aliphatic rings. The summed E-state index contributed by atoms with van der Waals surface area (Å²) in [6.07, 6.45) is 0.939. The lowest BCUT2D eigenvalue weighted by Gasteiger charge is -2.37. The van der Waals surface area contributed by atoms with E-state index in [0.29, 0.717) is 13.1 Å². The number of hydrogen-bond acceptors (Lipinski definition) is 2. The molecule has 0 saturated carbocycles. The molecule has 2 amide bonds. The van der Waals surface area contributed by atoms with Crippen LogP contribution >= 0.6 is 0 Å². The smallest absolute Gasteiger partial charge is 0.226 e. The second-order valence-corrected chi connectivity index (χ2v) is 3.94. The quantitative estimate of drug-likeness (QED) is 0.712. The number of carbonyl (C=O) groups is 2. The maximum atomic E-state index is 11.5. The molecular formula is C10H18N2O2. The summed E-state index contributed by atoms with van der Waals surface area (Å²) in [7, 11) is 0. The lowest BCUT2D eigenvalue weighted by atomic mass is 9.99. The molecule has 80 valence electrons. The Labute approximate surface area is 84.7 Å². The molecule has 0 radical (unpaired) electrons. The van der Waals surface area contributed by atoms with Gasteiger partial charge in [0.15, 0.2) is 0 Å². The van der Waals surface area contributed by atoms with Crippen LogP contribution in [-0.2, 0) is 9.59 Å². The van der Waals surface area contributed by atoms with Crippen molar-refractivity contribution in [3.63, 3.8) is 0 Å². The van der Waals surface area contributed by atoms with Crippen molar-refractivity contribution in [1.29, 1.82) is 0 Å². The van der Waals surface area contributed by atoms with Gasteiger partial charge in [0, 0.05) is 26.1 Å². The number of nitrogens with one attached hydrogen (secondary N) is 1. The first-order valence-corrected chi connectivity index (χ1v) is 5.10. The zero-order valence-corrected chi connectivity index (χ0v) is 9.04. The maximum absolute atomic E-state index is 11.5. The van der Waals surface area contributed by atoms with Crippen LogP contribution in [-0.4, -0.2) is 35.8 Å². The van der Waals surface area contributed by atoms with E-state index >= 15 is 0 Å². The zero-order chi connectivity index (χ0) is 10.7. The molecule has 0 aromatic rings. The zero-order valence-electron chi connectivity index (χ0n) is 9.04. The van der Waals surface area contributed by atoms with Crippen molar-refractivity contribution in [3.05, 3.63) is 0 Å². The van der Waals surface area contributed by atoms with E-state index in [1.54, 1.807) is 4.90 Å². The average molecular weight is 198 g/mol. The van der Waals surface area contributed by atoms with E-state index in [0.717, 1.165) is 6.42 Å². The summed E-state index contributed by atoms with van der Waals surface area (Å²) in [5.41, 5.74) is 0. The Kier molecular flexibility index (Phi) is 3.49. The highest BCUT2D eigenvalue weighted by Gasteiger charge is 2.34. The molecule has 14 heavy (non-hydrogen) atoms. The third kappa shape index (κ3) is 2.47. The second-order valence-electron chi connectivity index (χ2n) is 3.94. The SMILES string of the molecule is CCC(C)NC(=O)C1CN(C(C)=O)C1. The summed E-state index contributed by atoms with van der Waals surface area (Å²) < 4.78 is 0. The third-order valence-electron chi connectivity index (χ3n) is 2.70. The molecule has 4 nitrogen and oxygen atoms in total. The first kappa shape index (κ1) is 11.0. The van der Waals surface area contributed by atoms with E-state index in [1.807, 2.05) is 13.8 Å². The molecule has 0 aromatic carbocycles. The minimum absolute atomic E-state index is 0.00731. The molecule has 1 heterocycles. The van der Waals surface area contributed by atoms with Gasteiger partial charge in [0.25, 0.3) is 0 Å². The molecule has 1 N–H and O–H groups in total. The fraction of sp³-hybridized carbons (Fsp3) is 0.800. The molecule has 1 saturated heterocycles. The summed E-state index contributed by atoms with van der Waals surface area (Å²) in [4.78, 5) is 24.1. The summed E-state index contributed by atoms with van der Waals surface area (Å²) >= 11 is 0. The van der Waals surface area contributed by atoms with Gasteiger partial charge in [0.05, 0.1) is 5.92 Å². The van der Waals surface area contributed by atoms with E-state index < -0.39 is 0 Å². The third-order valence-corrected chi connectivity index (χ3v) is 2.70. The number of hydrogen-bond donors (Lipinski definition) is 1. The number of carbonyl (C=O) groups excluding carboxylic acids is 2. The van der Waals surface area contributed by atoms with Crippen molar-refractivity contribution in [2.75, 3.05) is 13.1 Å². The fourth-order valence-corrected chi connectivity index (χ4v) is 1.36. The van der Waals surface area contributed by atoms with Crippen LogP contribution in [0.5, 0.6) is 0 Å². The van der Waals surface area contributed by atoms with Gasteiger partial charge in [-0.1, -0.05) is 6.92 Å². The van der Waals surface area contributed by atoms with Crippen molar-refractivity contribution in [2.45, 2.75) is 33.2 Å². The van der Waals surface area contributed by atoms with E-state index in [2.05, 4.69) is 5.32 Å². The summed E-state index contributed by atoms with van der Waals surface area (Å²) in [5.74, 6) is 0.141. The van der Waals surface area contributed by atoms with Crippen molar-refractivity contribution in [2.24, 2.45) is 5.92 Å². The first-order chi connectivity index (χ1) is 6.54. The van der Waals surface area contributed by atoms with Gasteiger partial charge < -0.3 is 10.2 Å². The Hall–Kier alpha value is -1.06. The lowest BCUT2D eigenvalue weighted by molar-refractivity contribution is -0.141. The van der Waals surface area contributed by atoms with Crippen LogP contribution in [0.25, 0.3) is 0 Å². The van der Waals surface area contributed by atoms with Gasteiger partial charge in [0.1, 0.15) is 0 Å². The standard InChI is InChI=1S/C10H18N2O2/c1-4-7(2)11-10(14)9-5-12(6-9)8(3)13/h7,9H,4-6H2,1-3H3,(H,11,14). The highest BCUT2D eigenvalue weighted by molar-refractivity contribution is 5.83. The molecule has 0 aromatic heterocycles. The summed E-state index contributed by atoms with van der Waals surface area (Å²) in [6, 6.07) is 0.230. The van der Waals surface area contributed by atoms with Crippen molar-refractivity contribution in [1.82, 2.24) is 10.2 Å². The van der Waals surface area contributed by atoms with Gasteiger partial charge in [-0.15, -0.1) is 0 Å². The normalized spacial score (nSPS) is 18.6. The number of likely N-dealkylation sites (tertiary alicyclic amines) is 1. The second kappa shape index (κ2) is 4.44. The van der Waals surface area contributed by atoms with Crippen LogP contribution in [0.15, 0.2) is 0 Å². The van der Waals surface area contributed by atoms with E-state index in [9.17, 15) is 9.59 Å². The topological polar surface area (TPSA) is 49.4 Å². The van der Waals surface area contributed by atoms with Crippen molar-refractivity contribution < 1.29 is 9.59 Å². The maximum Gasteiger partial charge on any atom is 0.226 e. The highest BCUT2D eigenvalue weighted by atomic mass is 16.2. The lowest BCUT2D eigenvalue weighted by Crippen LogP contribution is -2.56. The molecule has 4 heteroatoms. The molecule has 0 spiro atoms. The molecular weight excluding hydrogens is 180 g/mol. The van der Waals surface area contributed by atoms with Crippen LogP contribution in [0.3, 0.4) is 0 Å². The van der Waals surface area contributed by atoms with Crippen LogP contribution in [0, 0.1) is 5.92 Å². The van der Waals surface area contributed by atoms with E-state index in [4.69, 9.17) is 0 Å². The van der Waals surface area contributed by atoms with Gasteiger partial charge in [-0.3, -0.25) is 9.59 Å². The monoisotopic (exact) mass is 198 g/mol. The molecule has 1 rings (SSSR count). The summed E-state index contributed by atoms with van der Waals surface area (Å²) in [5, 5.41) is 2.91. The van der Waals surface area contributed by atoms with Gasteiger partial charge in [-0.25, -0.2) is 0 Å². The number of nitrogens with zero attached hydrogens (tertiary/aromatic N) is 1. The fourth-order valence-electron chi connectivity index (χ4n) is 1.36. The Morgan fingerprint density at radius 1 is 1.50 bits per heavy atom. The molecule has 1 atom stereocenters. The largest absolute Gasteiger partial charge is 0.353 e. The molecule has 1 aliphatic heterocycles. The predicted octanol–water partition coefficient (Wildman–Crippen LogP) is 0.379. The predicted molar refractivity (Wildman–Crippen MR) is 53.6 cm³/mol. The Balaban J connectivity index is 2.26. The Morgan fingerprint density at radius 3 is 2.50 bits per heavy atom. The number of amides is 2. The van der Waals surface area contributed by atoms with E-state index in [-0.39, 0.29) is 23.8 Å². The minimum Gasteiger partial charge on any atom is -0.353 e. The van der Waals surface area contributed by atoms with Crippen molar-refractivity contribution in [3.8, 4) is 0 Å². The van der Waals surface area contributed by atoms with Gasteiger partial charge in [-0.2, -0.15) is 0 Å². The van der Waals surface area contributed by atoms with Crippen LogP contribution in [0.1, 0.15) is 27.2 Å². The number of rotatable bonds is 3. The Bertz CT molecular complexity index is 234. The average Bonchev–Trinajstić information content (AvgIpc) is 2.00. The van der Waals surface area contributed by atoms with Crippen LogP contribution < -0.4 is 5.32 Å². The van der Waals surface area contributed by atoms with E-state index in [1.165, 1.54) is 6.92 Å². The van der Waals surface area contributed by atoms with Gasteiger partial charge in [0.2, 0.25) is 11.8 Å². The molecule has 1 unspecified atom stereocenters. The van der Waals surface area contributed by atoms with Crippen molar-refractivity contribution >= 4 is 11.8 Å². The van der Waals surface area contributed by atoms with Gasteiger partial charge >= 0.3 is 0 Å². The Morgan fingerprint density at radius 2 is 2.07 bits per heavy atom. The molecule has 0 bridgehead atoms. The van der Waals surface area contributed by atoms with Gasteiger partial charge in [-0.05, 0) is 13.3 Å². The summed E-state index contributed by atoms with van der Waals surface area (Å²) in [6.45, 7) is 6.71. The first-order valence-electron chi connectivity index (χ1n) is 5.10. The van der Waals surface area contributed by atoms with Crippen LogP contribution in [0.4, 0.5) is 0 Å². The molecule has 0 aliphatic carbocycles. The molecule has 1 fully saturated rings. The minimum atomic E-state index is 0.00731. The van der Waals surface area contributed by atoms with Crippen LogP contribution in [0.2, 0.25) is 0 Å². The highest BCUT2D eigenvalue weighted by Crippen LogP contribution is 2.15.